The maximum atomic E-state index is 13.5. The van der Waals surface area contributed by atoms with E-state index in [9.17, 15) is 14.0 Å². The average molecular weight is 438 g/mol. The number of halogens is 2. The summed E-state index contributed by atoms with van der Waals surface area (Å²) >= 11 is 5.88. The molecule has 0 unspecified atom stereocenters. The van der Waals surface area contributed by atoms with Gasteiger partial charge in [-0.05, 0) is 66.6 Å². The highest BCUT2D eigenvalue weighted by Crippen LogP contribution is 2.23. The highest BCUT2D eigenvalue weighted by atomic mass is 35.5. The van der Waals surface area contributed by atoms with Crippen molar-refractivity contribution in [1.82, 2.24) is 4.90 Å². The van der Waals surface area contributed by atoms with Gasteiger partial charge in [-0.2, -0.15) is 0 Å². The lowest BCUT2D eigenvalue weighted by Gasteiger charge is -2.35. The Hall–Kier alpha value is -3.38. The molecule has 1 aliphatic heterocycles. The molecular weight excluding hydrogens is 417 g/mol. The predicted octanol–water partition coefficient (Wildman–Crippen LogP) is 5.56. The van der Waals surface area contributed by atoms with Gasteiger partial charge in [-0.3, -0.25) is 9.69 Å². The van der Waals surface area contributed by atoms with E-state index in [0.29, 0.717) is 41.6 Å². The SMILES string of the molecule is O=C(Nc1ccc(Cl)cc1)c1cccc(N2CCCN(Cc3cccc(F)c3)C2=O)c1. The van der Waals surface area contributed by atoms with Gasteiger partial charge < -0.3 is 10.2 Å². The topological polar surface area (TPSA) is 52.7 Å². The van der Waals surface area contributed by atoms with Crippen LogP contribution in [0.3, 0.4) is 0 Å². The Labute approximate surface area is 185 Å². The minimum atomic E-state index is -0.321. The number of hydrogen-bond acceptors (Lipinski definition) is 2. The Morgan fingerprint density at radius 1 is 1.00 bits per heavy atom. The van der Waals surface area contributed by atoms with Crippen LogP contribution in [-0.4, -0.2) is 29.9 Å². The molecule has 0 spiro atoms. The van der Waals surface area contributed by atoms with Crippen LogP contribution in [0.1, 0.15) is 22.3 Å². The highest BCUT2D eigenvalue weighted by molar-refractivity contribution is 6.30. The smallest absolute Gasteiger partial charge is 0.322 e. The quantitative estimate of drug-likeness (QED) is 0.567. The van der Waals surface area contributed by atoms with Crippen LogP contribution in [0.15, 0.2) is 72.8 Å². The fraction of sp³-hybridized carbons (Fsp3) is 0.167. The summed E-state index contributed by atoms with van der Waals surface area (Å²) in [5, 5.41) is 3.42. The first-order chi connectivity index (χ1) is 15.0. The molecule has 5 nitrogen and oxygen atoms in total. The monoisotopic (exact) mass is 437 g/mol. The predicted molar refractivity (Wildman–Crippen MR) is 120 cm³/mol. The fourth-order valence-corrected chi connectivity index (χ4v) is 3.70. The second-order valence-electron chi connectivity index (χ2n) is 7.35. The van der Waals surface area contributed by atoms with Gasteiger partial charge in [0.15, 0.2) is 0 Å². The number of benzene rings is 3. The summed E-state index contributed by atoms with van der Waals surface area (Å²) in [5.41, 5.74) is 2.47. The molecular formula is C24H21ClFN3O2. The van der Waals surface area contributed by atoms with Crippen LogP contribution in [0.4, 0.5) is 20.6 Å². The molecule has 0 aromatic heterocycles. The first kappa shape index (κ1) is 20.9. The Bertz CT molecular complexity index is 1100. The number of rotatable bonds is 5. The second kappa shape index (κ2) is 9.18. The second-order valence-corrected chi connectivity index (χ2v) is 7.79. The molecule has 31 heavy (non-hydrogen) atoms. The molecule has 4 rings (SSSR count). The molecule has 3 aromatic rings. The standard InChI is InChI=1S/C24H21ClFN3O2/c25-19-8-10-21(11-9-19)27-23(30)18-5-2-7-22(15-18)29-13-3-12-28(24(29)31)16-17-4-1-6-20(26)14-17/h1-2,4-11,14-15H,3,12-13,16H2,(H,27,30). The van der Waals surface area contributed by atoms with Crippen molar-refractivity contribution in [1.29, 1.82) is 0 Å². The molecule has 158 valence electrons. The number of carbonyl (C=O) groups excluding carboxylic acids is 2. The molecule has 0 atom stereocenters. The molecule has 0 saturated carbocycles. The van der Waals surface area contributed by atoms with Crippen LogP contribution in [0, 0.1) is 5.82 Å². The third-order valence-electron chi connectivity index (χ3n) is 5.10. The number of amides is 3. The number of anilines is 2. The van der Waals surface area contributed by atoms with Crippen molar-refractivity contribution < 1.29 is 14.0 Å². The minimum Gasteiger partial charge on any atom is -0.322 e. The van der Waals surface area contributed by atoms with Crippen molar-refractivity contribution in [2.45, 2.75) is 13.0 Å². The number of nitrogens with one attached hydrogen (secondary N) is 1. The van der Waals surface area contributed by atoms with Crippen LogP contribution in [0.2, 0.25) is 5.02 Å². The molecule has 1 aliphatic rings. The van der Waals surface area contributed by atoms with Gasteiger partial charge in [0, 0.05) is 41.6 Å². The van der Waals surface area contributed by atoms with E-state index >= 15 is 0 Å². The van der Waals surface area contributed by atoms with Gasteiger partial charge >= 0.3 is 6.03 Å². The van der Waals surface area contributed by atoms with Gasteiger partial charge in [-0.15, -0.1) is 0 Å². The molecule has 1 fully saturated rings. The zero-order chi connectivity index (χ0) is 21.8. The molecule has 3 aromatic carbocycles. The van der Waals surface area contributed by atoms with E-state index in [2.05, 4.69) is 5.32 Å². The normalized spacial score (nSPS) is 13.9. The Morgan fingerprint density at radius 2 is 1.77 bits per heavy atom. The van der Waals surface area contributed by atoms with Crippen LogP contribution in [-0.2, 0) is 6.54 Å². The van der Waals surface area contributed by atoms with E-state index in [1.54, 1.807) is 64.4 Å². The number of urea groups is 1. The Kier molecular flexibility index (Phi) is 6.18. The van der Waals surface area contributed by atoms with Crippen LogP contribution in [0.5, 0.6) is 0 Å². The lowest BCUT2D eigenvalue weighted by Crippen LogP contribution is -2.49. The summed E-state index contributed by atoms with van der Waals surface area (Å²) in [5.74, 6) is -0.594. The third kappa shape index (κ3) is 5.03. The summed E-state index contributed by atoms with van der Waals surface area (Å²) in [6.45, 7) is 1.49. The number of hydrogen-bond donors (Lipinski definition) is 1. The Morgan fingerprint density at radius 3 is 2.55 bits per heavy atom. The van der Waals surface area contributed by atoms with Gasteiger partial charge in [0.25, 0.3) is 5.91 Å². The van der Waals surface area contributed by atoms with Crippen molar-refractivity contribution >= 4 is 34.9 Å². The molecule has 7 heteroatoms. The molecule has 0 aliphatic carbocycles. The van der Waals surface area contributed by atoms with Crippen molar-refractivity contribution in [3.05, 3.63) is 94.8 Å². The summed E-state index contributed by atoms with van der Waals surface area (Å²) < 4.78 is 13.5. The molecule has 0 radical (unpaired) electrons. The lowest BCUT2D eigenvalue weighted by molar-refractivity contribution is 0.102. The van der Waals surface area contributed by atoms with Crippen LogP contribution >= 0.6 is 11.6 Å². The van der Waals surface area contributed by atoms with Gasteiger partial charge in [0.2, 0.25) is 0 Å². The van der Waals surface area contributed by atoms with E-state index in [0.717, 1.165) is 12.0 Å². The van der Waals surface area contributed by atoms with Crippen molar-refractivity contribution in [2.24, 2.45) is 0 Å². The lowest BCUT2D eigenvalue weighted by atomic mass is 10.1. The number of carbonyl (C=O) groups is 2. The van der Waals surface area contributed by atoms with Crippen LogP contribution < -0.4 is 10.2 Å². The molecule has 1 N–H and O–H groups in total. The highest BCUT2D eigenvalue weighted by Gasteiger charge is 2.27. The fourth-order valence-electron chi connectivity index (χ4n) is 3.58. The van der Waals surface area contributed by atoms with Crippen molar-refractivity contribution in [2.75, 3.05) is 23.3 Å². The molecule has 0 bridgehead atoms. The van der Waals surface area contributed by atoms with Crippen molar-refractivity contribution in [3.63, 3.8) is 0 Å². The number of nitrogens with zero attached hydrogens (tertiary/aromatic N) is 2. The van der Waals surface area contributed by atoms with Gasteiger partial charge in [-0.1, -0.05) is 29.8 Å². The van der Waals surface area contributed by atoms with E-state index in [1.165, 1.54) is 12.1 Å². The summed E-state index contributed by atoms with van der Waals surface area (Å²) in [6.07, 6.45) is 0.780. The third-order valence-corrected chi connectivity index (χ3v) is 5.35. The van der Waals surface area contributed by atoms with E-state index in [-0.39, 0.29) is 17.8 Å². The van der Waals surface area contributed by atoms with Crippen LogP contribution in [0.25, 0.3) is 0 Å². The zero-order valence-corrected chi connectivity index (χ0v) is 17.5. The van der Waals surface area contributed by atoms with Crippen molar-refractivity contribution in [3.8, 4) is 0 Å². The summed E-state index contributed by atoms with van der Waals surface area (Å²) in [4.78, 5) is 29.1. The molecule has 3 amide bonds. The van der Waals surface area contributed by atoms with E-state index in [1.807, 2.05) is 6.07 Å². The van der Waals surface area contributed by atoms with E-state index in [4.69, 9.17) is 11.6 Å². The maximum absolute atomic E-state index is 13.5. The zero-order valence-electron chi connectivity index (χ0n) is 16.7. The average Bonchev–Trinajstić information content (AvgIpc) is 2.77. The van der Waals surface area contributed by atoms with Gasteiger partial charge in [0.05, 0.1) is 0 Å². The molecule has 1 heterocycles. The van der Waals surface area contributed by atoms with Gasteiger partial charge in [-0.25, -0.2) is 9.18 Å². The first-order valence-corrected chi connectivity index (χ1v) is 10.4. The maximum Gasteiger partial charge on any atom is 0.324 e. The Balaban J connectivity index is 1.49. The molecule has 1 saturated heterocycles. The summed E-state index contributed by atoms with van der Waals surface area (Å²) in [6, 6.07) is 19.9. The minimum absolute atomic E-state index is 0.161. The summed E-state index contributed by atoms with van der Waals surface area (Å²) in [7, 11) is 0. The van der Waals surface area contributed by atoms with Gasteiger partial charge in [0.1, 0.15) is 5.82 Å². The van der Waals surface area contributed by atoms with E-state index < -0.39 is 0 Å². The first-order valence-electron chi connectivity index (χ1n) is 9.97. The largest absolute Gasteiger partial charge is 0.324 e.